The molecular weight excluding hydrogens is 258 g/mol. The molecule has 7 heteroatoms. The Hall–Kier alpha value is -2.28. The molecule has 2 aromatic heterocycles. The zero-order valence-corrected chi connectivity index (χ0v) is 11.1. The van der Waals surface area contributed by atoms with Crippen LogP contribution in [-0.4, -0.2) is 50.3 Å². The van der Waals surface area contributed by atoms with Gasteiger partial charge in [0, 0.05) is 32.2 Å². The fourth-order valence-electron chi connectivity index (χ4n) is 2.18. The van der Waals surface area contributed by atoms with Gasteiger partial charge in [-0.2, -0.15) is 5.10 Å². The van der Waals surface area contributed by atoms with Crippen molar-refractivity contribution in [1.82, 2.24) is 24.6 Å². The van der Waals surface area contributed by atoms with Crippen LogP contribution in [-0.2, 0) is 11.8 Å². The van der Waals surface area contributed by atoms with Crippen LogP contribution in [0.15, 0.2) is 30.9 Å². The number of hydrogen-bond donors (Lipinski definition) is 0. The van der Waals surface area contributed by atoms with E-state index in [1.54, 1.807) is 47.5 Å². The van der Waals surface area contributed by atoms with Gasteiger partial charge in [-0.1, -0.05) is 0 Å². The number of aryl methyl sites for hydroxylation is 1. The van der Waals surface area contributed by atoms with Crippen molar-refractivity contribution in [3.63, 3.8) is 0 Å². The Morgan fingerprint density at radius 2 is 2.35 bits per heavy atom. The average molecular weight is 273 g/mol. The second kappa shape index (κ2) is 5.38. The van der Waals surface area contributed by atoms with Crippen molar-refractivity contribution < 1.29 is 9.53 Å². The molecule has 1 saturated heterocycles. The molecule has 20 heavy (non-hydrogen) atoms. The van der Waals surface area contributed by atoms with E-state index in [9.17, 15) is 4.79 Å². The molecule has 0 aliphatic carbocycles. The van der Waals surface area contributed by atoms with E-state index in [0.29, 0.717) is 25.4 Å². The zero-order chi connectivity index (χ0) is 13.9. The lowest BCUT2D eigenvalue weighted by atomic mass is 10.2. The fraction of sp³-hybridized carbons (Fsp3) is 0.385. The van der Waals surface area contributed by atoms with Gasteiger partial charge in [0.05, 0.1) is 25.0 Å². The van der Waals surface area contributed by atoms with E-state index in [2.05, 4.69) is 15.1 Å². The van der Waals surface area contributed by atoms with Crippen molar-refractivity contribution in [2.45, 2.75) is 6.10 Å². The van der Waals surface area contributed by atoms with Crippen LogP contribution >= 0.6 is 0 Å². The number of carbonyl (C=O) groups excluding carboxylic acids is 1. The third-order valence-electron chi connectivity index (χ3n) is 3.20. The van der Waals surface area contributed by atoms with Gasteiger partial charge in [0.25, 0.3) is 5.91 Å². The summed E-state index contributed by atoms with van der Waals surface area (Å²) in [7, 11) is 1.79. The highest BCUT2D eigenvalue weighted by Crippen LogP contribution is 2.20. The van der Waals surface area contributed by atoms with Crippen LogP contribution in [0.5, 0.6) is 0 Å². The van der Waals surface area contributed by atoms with Crippen molar-refractivity contribution >= 4 is 5.91 Å². The average Bonchev–Trinajstić information content (AvgIpc) is 2.94. The lowest BCUT2D eigenvalue weighted by molar-refractivity contribution is -0.0251. The van der Waals surface area contributed by atoms with Gasteiger partial charge in [-0.15, -0.1) is 0 Å². The normalized spacial score (nSPS) is 19.1. The van der Waals surface area contributed by atoms with Gasteiger partial charge in [0.2, 0.25) is 0 Å². The van der Waals surface area contributed by atoms with Crippen LogP contribution < -0.4 is 0 Å². The van der Waals surface area contributed by atoms with E-state index in [-0.39, 0.29) is 12.0 Å². The van der Waals surface area contributed by atoms with Gasteiger partial charge in [0.15, 0.2) is 0 Å². The molecule has 2 aromatic rings. The van der Waals surface area contributed by atoms with Gasteiger partial charge < -0.3 is 9.64 Å². The number of morpholine rings is 1. The molecule has 0 saturated carbocycles. The summed E-state index contributed by atoms with van der Waals surface area (Å²) in [6, 6.07) is 1.72. The third kappa shape index (κ3) is 2.53. The maximum atomic E-state index is 12.3. The molecule has 1 amide bonds. The van der Waals surface area contributed by atoms with Gasteiger partial charge in [-0.25, -0.2) is 0 Å². The molecule has 1 unspecified atom stereocenters. The first kappa shape index (κ1) is 12.7. The van der Waals surface area contributed by atoms with E-state index in [0.717, 1.165) is 5.69 Å². The monoisotopic (exact) mass is 273 g/mol. The van der Waals surface area contributed by atoms with E-state index < -0.39 is 0 Å². The summed E-state index contributed by atoms with van der Waals surface area (Å²) in [6.45, 7) is 1.51. The molecule has 0 N–H and O–H groups in total. The van der Waals surface area contributed by atoms with E-state index in [1.165, 1.54) is 0 Å². The Morgan fingerprint density at radius 1 is 1.45 bits per heavy atom. The first-order valence-electron chi connectivity index (χ1n) is 6.40. The maximum Gasteiger partial charge on any atom is 0.274 e. The van der Waals surface area contributed by atoms with E-state index >= 15 is 0 Å². The smallest absolute Gasteiger partial charge is 0.274 e. The second-order valence-electron chi connectivity index (χ2n) is 4.62. The molecule has 0 radical (unpaired) electrons. The minimum atomic E-state index is -0.231. The van der Waals surface area contributed by atoms with E-state index in [1.807, 2.05) is 0 Å². The van der Waals surface area contributed by atoms with Crippen molar-refractivity contribution in [2.75, 3.05) is 19.7 Å². The van der Waals surface area contributed by atoms with Gasteiger partial charge >= 0.3 is 0 Å². The number of amides is 1. The fourth-order valence-corrected chi connectivity index (χ4v) is 2.18. The van der Waals surface area contributed by atoms with Crippen LogP contribution in [0.1, 0.15) is 22.3 Å². The van der Waals surface area contributed by atoms with Gasteiger partial charge in [0.1, 0.15) is 11.8 Å². The predicted molar refractivity (Wildman–Crippen MR) is 69.8 cm³/mol. The lowest BCUT2D eigenvalue weighted by Gasteiger charge is -2.32. The summed E-state index contributed by atoms with van der Waals surface area (Å²) in [5.74, 6) is -0.0807. The predicted octanol–water partition coefficient (Wildman–Crippen LogP) is 0.424. The minimum absolute atomic E-state index is 0.0807. The lowest BCUT2D eigenvalue weighted by Crippen LogP contribution is -2.42. The van der Waals surface area contributed by atoms with E-state index in [4.69, 9.17) is 4.74 Å². The number of carbonyl (C=O) groups is 1. The molecule has 3 rings (SSSR count). The van der Waals surface area contributed by atoms with Crippen LogP contribution in [0.4, 0.5) is 0 Å². The van der Waals surface area contributed by atoms with Gasteiger partial charge in [-0.3, -0.25) is 19.4 Å². The number of rotatable bonds is 2. The Balaban J connectivity index is 1.74. The molecule has 104 valence electrons. The van der Waals surface area contributed by atoms with Gasteiger partial charge in [-0.05, 0) is 6.07 Å². The Morgan fingerprint density at radius 3 is 3.05 bits per heavy atom. The number of ether oxygens (including phenoxy) is 1. The largest absolute Gasteiger partial charge is 0.368 e. The maximum absolute atomic E-state index is 12.3. The summed E-state index contributed by atoms with van der Waals surface area (Å²) < 4.78 is 7.28. The third-order valence-corrected chi connectivity index (χ3v) is 3.20. The second-order valence-corrected chi connectivity index (χ2v) is 4.62. The first-order chi connectivity index (χ1) is 9.74. The summed E-state index contributed by atoms with van der Waals surface area (Å²) in [5, 5.41) is 4.14. The van der Waals surface area contributed by atoms with Crippen LogP contribution in [0, 0.1) is 0 Å². The molecule has 1 atom stereocenters. The first-order valence-corrected chi connectivity index (χ1v) is 6.40. The summed E-state index contributed by atoms with van der Waals surface area (Å²) >= 11 is 0. The van der Waals surface area contributed by atoms with Crippen LogP contribution in [0.3, 0.4) is 0 Å². The van der Waals surface area contributed by atoms with Crippen LogP contribution in [0.2, 0.25) is 0 Å². The molecule has 7 nitrogen and oxygen atoms in total. The summed E-state index contributed by atoms with van der Waals surface area (Å²) in [5.41, 5.74) is 1.19. The quantitative estimate of drug-likeness (QED) is 0.793. The molecule has 0 spiro atoms. The highest BCUT2D eigenvalue weighted by molar-refractivity contribution is 5.92. The molecular formula is C13H15N5O2. The highest BCUT2D eigenvalue weighted by atomic mass is 16.5. The number of hydrogen-bond acceptors (Lipinski definition) is 5. The minimum Gasteiger partial charge on any atom is -0.368 e. The molecule has 1 aliphatic heterocycles. The standard InChI is InChI=1S/C13H15N5O2/c1-17-5-2-10(16-17)13(19)18-6-7-20-12(9-18)11-8-14-3-4-15-11/h2-5,8,12H,6-7,9H2,1H3. The highest BCUT2D eigenvalue weighted by Gasteiger charge is 2.27. The Bertz CT molecular complexity index is 598. The van der Waals surface area contributed by atoms with Crippen molar-refractivity contribution in [1.29, 1.82) is 0 Å². The number of aromatic nitrogens is 4. The van der Waals surface area contributed by atoms with Crippen molar-refractivity contribution in [3.8, 4) is 0 Å². The number of nitrogens with zero attached hydrogens (tertiary/aromatic N) is 5. The topological polar surface area (TPSA) is 73.1 Å². The molecule has 0 aromatic carbocycles. The van der Waals surface area contributed by atoms with Crippen LogP contribution in [0.25, 0.3) is 0 Å². The SMILES string of the molecule is Cn1ccc(C(=O)N2CCOC(c3cnccn3)C2)n1. The Kier molecular flexibility index (Phi) is 3.42. The summed E-state index contributed by atoms with van der Waals surface area (Å²) in [6.07, 6.45) is 6.43. The summed E-state index contributed by atoms with van der Waals surface area (Å²) in [4.78, 5) is 22.3. The molecule has 1 aliphatic rings. The molecule has 0 bridgehead atoms. The zero-order valence-electron chi connectivity index (χ0n) is 11.1. The Labute approximate surface area is 116 Å². The molecule has 1 fully saturated rings. The molecule has 3 heterocycles. The van der Waals surface area contributed by atoms with Crippen molar-refractivity contribution in [2.24, 2.45) is 7.05 Å². The van der Waals surface area contributed by atoms with Crippen molar-refractivity contribution in [3.05, 3.63) is 42.2 Å².